The van der Waals surface area contributed by atoms with E-state index in [-0.39, 0.29) is 17.8 Å². The van der Waals surface area contributed by atoms with E-state index >= 15 is 0 Å². The lowest BCUT2D eigenvalue weighted by atomic mass is 10.2. The molecule has 1 aromatic heterocycles. The number of benzene rings is 1. The Kier molecular flexibility index (Phi) is 7.59. The van der Waals surface area contributed by atoms with Crippen molar-refractivity contribution in [1.82, 2.24) is 15.6 Å². The fraction of sp³-hybridized carbons (Fsp3) is 0.409. The quantitative estimate of drug-likeness (QED) is 0.481. The number of aliphatic imine (C=N–C) groups is 1. The monoisotopic (exact) mass is 412 g/mol. The Morgan fingerprint density at radius 3 is 2.97 bits per heavy atom. The van der Waals surface area contributed by atoms with E-state index < -0.39 is 0 Å². The van der Waals surface area contributed by atoms with Crippen molar-refractivity contribution in [1.29, 1.82) is 0 Å². The minimum absolute atomic E-state index is 0.0233. The molecule has 1 unspecified atom stereocenters. The molecule has 2 aromatic rings. The molecule has 7 nitrogen and oxygen atoms in total. The maximum Gasteiger partial charge on any atom is 0.224 e. The summed E-state index contributed by atoms with van der Waals surface area (Å²) >= 11 is 0. The normalized spacial score (nSPS) is 16.4. The summed E-state index contributed by atoms with van der Waals surface area (Å²) in [6, 6.07) is 10.9. The zero-order valence-electron chi connectivity index (χ0n) is 17.5. The predicted molar refractivity (Wildman–Crippen MR) is 118 cm³/mol. The van der Waals surface area contributed by atoms with Gasteiger partial charge in [-0.1, -0.05) is 19.1 Å². The lowest BCUT2D eigenvalue weighted by Gasteiger charge is -2.20. The van der Waals surface area contributed by atoms with Gasteiger partial charge in [-0.2, -0.15) is 0 Å². The van der Waals surface area contributed by atoms with Crippen LogP contribution in [-0.2, 0) is 11.3 Å². The van der Waals surface area contributed by atoms with Gasteiger partial charge in [0.1, 0.15) is 0 Å². The minimum Gasteiger partial charge on any atom is -0.352 e. The third-order valence-corrected chi connectivity index (χ3v) is 4.94. The molecular formula is C22H29FN6O. The third kappa shape index (κ3) is 5.92. The second kappa shape index (κ2) is 10.6. The molecule has 0 bridgehead atoms. The van der Waals surface area contributed by atoms with E-state index in [0.717, 1.165) is 30.6 Å². The molecule has 8 heteroatoms. The molecule has 30 heavy (non-hydrogen) atoms. The molecule has 3 N–H and O–H groups in total. The van der Waals surface area contributed by atoms with Crippen molar-refractivity contribution in [2.45, 2.75) is 38.8 Å². The van der Waals surface area contributed by atoms with Gasteiger partial charge in [-0.05, 0) is 42.7 Å². The molecule has 1 fully saturated rings. The number of halogens is 1. The number of guanidine groups is 1. The maximum absolute atomic E-state index is 14.0. The van der Waals surface area contributed by atoms with Crippen LogP contribution in [0.4, 0.5) is 15.9 Å². The van der Waals surface area contributed by atoms with Crippen molar-refractivity contribution >= 4 is 23.4 Å². The highest BCUT2D eigenvalue weighted by atomic mass is 19.1. The zero-order chi connectivity index (χ0) is 21.3. The van der Waals surface area contributed by atoms with Crippen LogP contribution in [0.3, 0.4) is 0 Å². The van der Waals surface area contributed by atoms with Gasteiger partial charge in [-0.25, -0.2) is 9.37 Å². The summed E-state index contributed by atoms with van der Waals surface area (Å²) in [7, 11) is 1.72. The molecule has 1 aromatic carbocycles. The number of carbonyl (C=O) groups is 1. The SMILES string of the molecule is CCCC(=O)Nc1cccc(CNC(=NC)NC2CCN(c3ncccc3F)C2)c1. The van der Waals surface area contributed by atoms with Crippen molar-refractivity contribution in [2.75, 3.05) is 30.4 Å². The van der Waals surface area contributed by atoms with Crippen LogP contribution in [0.1, 0.15) is 31.7 Å². The molecule has 0 spiro atoms. The number of hydrogen-bond donors (Lipinski definition) is 3. The fourth-order valence-electron chi connectivity index (χ4n) is 3.46. The van der Waals surface area contributed by atoms with Gasteiger partial charge in [0.05, 0.1) is 0 Å². The molecule has 1 aliphatic rings. The highest BCUT2D eigenvalue weighted by molar-refractivity contribution is 5.90. The lowest BCUT2D eigenvalue weighted by molar-refractivity contribution is -0.116. The second-order valence-corrected chi connectivity index (χ2v) is 7.31. The van der Waals surface area contributed by atoms with Crippen molar-refractivity contribution in [2.24, 2.45) is 4.99 Å². The fourth-order valence-corrected chi connectivity index (χ4v) is 3.46. The Hall–Kier alpha value is -3.16. The topological polar surface area (TPSA) is 81.6 Å². The maximum atomic E-state index is 14.0. The summed E-state index contributed by atoms with van der Waals surface area (Å²) in [5.41, 5.74) is 1.83. The molecule has 1 saturated heterocycles. The van der Waals surface area contributed by atoms with E-state index in [4.69, 9.17) is 0 Å². The van der Waals surface area contributed by atoms with E-state index in [1.807, 2.05) is 36.1 Å². The van der Waals surface area contributed by atoms with Crippen LogP contribution in [0.15, 0.2) is 47.6 Å². The van der Waals surface area contributed by atoms with Gasteiger partial charge in [-0.3, -0.25) is 9.79 Å². The van der Waals surface area contributed by atoms with Gasteiger partial charge in [0, 0.05) is 51.0 Å². The van der Waals surface area contributed by atoms with E-state index in [1.165, 1.54) is 6.07 Å². The molecule has 0 aliphatic carbocycles. The number of amides is 1. The number of hydrogen-bond acceptors (Lipinski definition) is 4. The Labute approximate surface area is 176 Å². The van der Waals surface area contributed by atoms with Gasteiger partial charge in [0.15, 0.2) is 17.6 Å². The van der Waals surface area contributed by atoms with Crippen LogP contribution >= 0.6 is 0 Å². The highest BCUT2D eigenvalue weighted by Gasteiger charge is 2.25. The summed E-state index contributed by atoms with van der Waals surface area (Å²) in [5.74, 6) is 0.803. The van der Waals surface area contributed by atoms with Crippen molar-refractivity contribution in [3.8, 4) is 0 Å². The van der Waals surface area contributed by atoms with Gasteiger partial charge in [0.2, 0.25) is 5.91 Å². The van der Waals surface area contributed by atoms with E-state index in [9.17, 15) is 9.18 Å². The Morgan fingerprint density at radius 2 is 2.20 bits per heavy atom. The largest absolute Gasteiger partial charge is 0.352 e. The molecule has 3 rings (SSSR count). The van der Waals surface area contributed by atoms with Crippen LogP contribution < -0.4 is 20.9 Å². The summed E-state index contributed by atoms with van der Waals surface area (Å²) in [4.78, 5) is 22.2. The van der Waals surface area contributed by atoms with Gasteiger partial charge in [0.25, 0.3) is 0 Å². The Morgan fingerprint density at radius 1 is 1.33 bits per heavy atom. The summed E-state index contributed by atoms with van der Waals surface area (Å²) in [6.45, 7) is 3.95. The van der Waals surface area contributed by atoms with Gasteiger partial charge >= 0.3 is 0 Å². The highest BCUT2D eigenvalue weighted by Crippen LogP contribution is 2.20. The average Bonchev–Trinajstić information content (AvgIpc) is 3.20. The molecule has 0 radical (unpaired) electrons. The molecule has 1 atom stereocenters. The molecule has 1 aliphatic heterocycles. The van der Waals surface area contributed by atoms with E-state index in [2.05, 4.69) is 25.9 Å². The second-order valence-electron chi connectivity index (χ2n) is 7.31. The van der Waals surface area contributed by atoms with Crippen LogP contribution in [0.2, 0.25) is 0 Å². The average molecular weight is 413 g/mol. The van der Waals surface area contributed by atoms with Crippen LogP contribution in [0.25, 0.3) is 0 Å². The smallest absolute Gasteiger partial charge is 0.224 e. The minimum atomic E-state index is -0.299. The van der Waals surface area contributed by atoms with E-state index in [0.29, 0.717) is 31.3 Å². The Bertz CT molecular complexity index is 887. The summed E-state index contributed by atoms with van der Waals surface area (Å²) in [6.07, 6.45) is 3.81. The summed E-state index contributed by atoms with van der Waals surface area (Å²) in [5, 5.41) is 9.61. The van der Waals surface area contributed by atoms with E-state index in [1.54, 1.807) is 19.3 Å². The number of anilines is 2. The first-order chi connectivity index (χ1) is 14.6. The summed E-state index contributed by atoms with van der Waals surface area (Å²) < 4.78 is 14.0. The Balaban J connectivity index is 1.51. The lowest BCUT2D eigenvalue weighted by Crippen LogP contribution is -2.44. The zero-order valence-corrected chi connectivity index (χ0v) is 17.5. The van der Waals surface area contributed by atoms with Crippen molar-refractivity contribution in [3.05, 3.63) is 54.0 Å². The van der Waals surface area contributed by atoms with Crippen molar-refractivity contribution in [3.63, 3.8) is 0 Å². The number of rotatable bonds is 7. The molecule has 0 saturated carbocycles. The molecular weight excluding hydrogens is 383 g/mol. The molecule has 1 amide bonds. The molecule has 2 heterocycles. The van der Waals surface area contributed by atoms with Gasteiger partial charge < -0.3 is 20.9 Å². The number of pyridine rings is 1. The van der Waals surface area contributed by atoms with Crippen LogP contribution in [0, 0.1) is 5.82 Å². The number of nitrogens with one attached hydrogen (secondary N) is 3. The number of carbonyl (C=O) groups excluding carboxylic acids is 1. The predicted octanol–water partition coefficient (Wildman–Crippen LogP) is 2.90. The first-order valence-corrected chi connectivity index (χ1v) is 10.3. The first-order valence-electron chi connectivity index (χ1n) is 10.3. The molecule has 160 valence electrons. The third-order valence-electron chi connectivity index (χ3n) is 4.94. The standard InChI is InChI=1S/C22H29FN6O/c1-3-6-20(30)27-17-8-4-7-16(13-17)14-26-22(24-2)28-18-10-12-29(15-18)21-19(23)9-5-11-25-21/h4-5,7-9,11,13,18H,3,6,10,12,14-15H2,1-2H3,(H,27,30)(H2,24,26,28). The number of nitrogens with zero attached hydrogens (tertiary/aromatic N) is 3. The number of aromatic nitrogens is 1. The van der Waals surface area contributed by atoms with Crippen molar-refractivity contribution < 1.29 is 9.18 Å². The first kappa shape index (κ1) is 21.5. The van der Waals surface area contributed by atoms with Crippen LogP contribution in [0.5, 0.6) is 0 Å². The van der Waals surface area contributed by atoms with Crippen LogP contribution in [-0.4, -0.2) is 43.0 Å². The van der Waals surface area contributed by atoms with Gasteiger partial charge in [-0.15, -0.1) is 0 Å².